The maximum absolute atomic E-state index is 13.5. The normalized spacial score (nSPS) is 10.8. The van der Waals surface area contributed by atoms with Gasteiger partial charge in [-0.2, -0.15) is 5.26 Å². The first-order chi connectivity index (χ1) is 16.9. The molecule has 0 aliphatic heterocycles. The molecule has 8 nitrogen and oxygen atoms in total. The van der Waals surface area contributed by atoms with Gasteiger partial charge < -0.3 is 9.47 Å². The molecule has 4 rings (SSSR count). The van der Waals surface area contributed by atoms with E-state index in [0.717, 1.165) is 15.0 Å². The van der Waals surface area contributed by atoms with Crippen LogP contribution in [0.3, 0.4) is 0 Å². The van der Waals surface area contributed by atoms with Crippen molar-refractivity contribution >= 4 is 27.5 Å². The maximum atomic E-state index is 13.5. The van der Waals surface area contributed by atoms with Gasteiger partial charge in [0.1, 0.15) is 17.1 Å². The van der Waals surface area contributed by atoms with E-state index < -0.39 is 23.8 Å². The van der Waals surface area contributed by atoms with E-state index in [1.165, 1.54) is 15.9 Å². The number of benzene rings is 2. The number of hydrogen-bond donors (Lipinski definition) is 0. The van der Waals surface area contributed by atoms with E-state index in [9.17, 15) is 19.6 Å². The summed E-state index contributed by atoms with van der Waals surface area (Å²) in [7, 11) is 1.59. The number of aryl methyl sites for hydroxylation is 1. The molecule has 2 aromatic heterocycles. The van der Waals surface area contributed by atoms with Crippen LogP contribution < -0.4 is 16.0 Å². The van der Waals surface area contributed by atoms with Crippen LogP contribution in [-0.2, 0) is 22.6 Å². The number of thiophene rings is 1. The monoisotopic (exact) mass is 489 g/mol. The van der Waals surface area contributed by atoms with Gasteiger partial charge in [-0.1, -0.05) is 18.2 Å². The Morgan fingerprint density at radius 3 is 2.46 bits per heavy atom. The Balaban J connectivity index is 1.99. The number of fused-ring (bicyclic) bond motifs is 1. The number of nitriles is 1. The van der Waals surface area contributed by atoms with Gasteiger partial charge in [-0.15, -0.1) is 11.3 Å². The van der Waals surface area contributed by atoms with Crippen LogP contribution in [0.2, 0.25) is 0 Å². The van der Waals surface area contributed by atoms with Gasteiger partial charge in [-0.05, 0) is 60.9 Å². The van der Waals surface area contributed by atoms with Gasteiger partial charge in [-0.25, -0.2) is 9.36 Å². The number of methoxy groups -OCH3 is 1. The quantitative estimate of drug-likeness (QED) is 0.367. The molecule has 0 atom stereocenters. The molecule has 35 heavy (non-hydrogen) atoms. The predicted molar refractivity (Wildman–Crippen MR) is 134 cm³/mol. The molecule has 0 unspecified atom stereocenters. The van der Waals surface area contributed by atoms with Gasteiger partial charge in [0, 0.05) is 4.88 Å². The Bertz CT molecular complexity index is 1570. The highest BCUT2D eigenvalue weighted by Gasteiger charge is 2.22. The van der Waals surface area contributed by atoms with Crippen molar-refractivity contribution in [3.63, 3.8) is 0 Å². The molecule has 0 fully saturated rings. The van der Waals surface area contributed by atoms with Crippen LogP contribution in [0.25, 0.3) is 20.7 Å². The molecule has 0 saturated heterocycles. The number of aromatic nitrogens is 2. The van der Waals surface area contributed by atoms with E-state index in [1.54, 1.807) is 38.3 Å². The second-order valence-corrected chi connectivity index (χ2v) is 8.80. The number of hydrogen-bond acceptors (Lipinski definition) is 7. The molecule has 0 aliphatic rings. The summed E-state index contributed by atoms with van der Waals surface area (Å²) >= 11 is 1.33. The highest BCUT2D eigenvalue weighted by atomic mass is 32.1. The van der Waals surface area contributed by atoms with Crippen LogP contribution in [0.1, 0.15) is 23.6 Å². The van der Waals surface area contributed by atoms with Crippen molar-refractivity contribution in [2.24, 2.45) is 0 Å². The van der Waals surface area contributed by atoms with Crippen LogP contribution in [0, 0.1) is 18.3 Å². The number of rotatable bonds is 7. The van der Waals surface area contributed by atoms with Crippen molar-refractivity contribution < 1.29 is 14.3 Å². The maximum Gasteiger partial charge on any atom is 0.332 e. The zero-order valence-corrected chi connectivity index (χ0v) is 20.3. The molecular weight excluding hydrogens is 466 g/mol. The van der Waals surface area contributed by atoms with Crippen molar-refractivity contribution in [3.05, 3.63) is 86.1 Å². The average Bonchev–Trinajstić information content (AvgIpc) is 3.21. The molecule has 0 saturated carbocycles. The summed E-state index contributed by atoms with van der Waals surface area (Å²) in [4.78, 5) is 40.5. The van der Waals surface area contributed by atoms with Gasteiger partial charge >= 0.3 is 11.7 Å². The molecule has 0 bridgehead atoms. The van der Waals surface area contributed by atoms with E-state index >= 15 is 0 Å². The van der Waals surface area contributed by atoms with Gasteiger partial charge in [0.2, 0.25) is 0 Å². The van der Waals surface area contributed by atoms with Crippen molar-refractivity contribution in [1.29, 1.82) is 5.26 Å². The molecule has 2 heterocycles. The lowest BCUT2D eigenvalue weighted by Gasteiger charge is -2.13. The van der Waals surface area contributed by atoms with Crippen molar-refractivity contribution in [1.82, 2.24) is 9.13 Å². The first kappa shape index (κ1) is 24.0. The van der Waals surface area contributed by atoms with E-state index in [0.29, 0.717) is 32.7 Å². The first-order valence-corrected chi connectivity index (χ1v) is 11.8. The number of carbonyl (C=O) groups is 1. The van der Waals surface area contributed by atoms with Crippen LogP contribution in [0.4, 0.5) is 0 Å². The minimum atomic E-state index is -0.668. The Morgan fingerprint density at radius 2 is 1.80 bits per heavy atom. The highest BCUT2D eigenvalue weighted by molar-refractivity contribution is 7.22. The summed E-state index contributed by atoms with van der Waals surface area (Å²) in [5, 5.41) is 9.89. The third-order valence-electron chi connectivity index (χ3n) is 5.71. The molecule has 0 N–H and O–H groups in total. The zero-order valence-electron chi connectivity index (χ0n) is 19.5. The molecule has 0 amide bonds. The van der Waals surface area contributed by atoms with E-state index in [4.69, 9.17) is 9.47 Å². The molecule has 178 valence electrons. The van der Waals surface area contributed by atoms with Crippen LogP contribution in [-0.4, -0.2) is 28.8 Å². The van der Waals surface area contributed by atoms with Crippen molar-refractivity contribution in [3.8, 4) is 22.3 Å². The fourth-order valence-corrected chi connectivity index (χ4v) is 5.26. The summed E-state index contributed by atoms with van der Waals surface area (Å²) in [6.45, 7) is 3.20. The lowest BCUT2D eigenvalue weighted by atomic mass is 10.1. The standard InChI is InChI=1S/C26H23N3O5S/c1-4-34-21(30)15-28-24(31)22-16(2)23(17-9-11-20(33-3)12-10-17)35-25(22)29(26(28)32)14-19-8-6-5-7-18(19)13-27/h5-12H,4,14-15H2,1-3H3. The Kier molecular flexibility index (Phi) is 6.85. The fourth-order valence-electron chi connectivity index (χ4n) is 3.96. The molecule has 0 radical (unpaired) electrons. The largest absolute Gasteiger partial charge is 0.497 e. The van der Waals surface area contributed by atoms with E-state index in [1.807, 2.05) is 31.2 Å². The number of carbonyl (C=O) groups excluding carboxylic acids is 1. The number of ether oxygens (including phenoxy) is 2. The smallest absolute Gasteiger partial charge is 0.332 e. The van der Waals surface area contributed by atoms with Gasteiger partial charge in [0.15, 0.2) is 0 Å². The lowest BCUT2D eigenvalue weighted by Crippen LogP contribution is -2.42. The van der Waals surface area contributed by atoms with Crippen molar-refractivity contribution in [2.45, 2.75) is 26.9 Å². The topological polar surface area (TPSA) is 103 Å². The summed E-state index contributed by atoms with van der Waals surface area (Å²) in [6, 6.07) is 16.6. The zero-order chi connectivity index (χ0) is 25.1. The van der Waals surface area contributed by atoms with Gasteiger partial charge in [-0.3, -0.25) is 14.2 Å². The van der Waals surface area contributed by atoms with Crippen LogP contribution in [0.5, 0.6) is 5.75 Å². The second-order valence-electron chi connectivity index (χ2n) is 7.80. The summed E-state index contributed by atoms with van der Waals surface area (Å²) in [6.07, 6.45) is 0. The molecule has 4 aromatic rings. The summed E-state index contributed by atoms with van der Waals surface area (Å²) < 4.78 is 12.6. The summed E-state index contributed by atoms with van der Waals surface area (Å²) in [5.74, 6) is 0.0348. The Morgan fingerprint density at radius 1 is 1.09 bits per heavy atom. The third-order valence-corrected chi connectivity index (χ3v) is 7.07. The first-order valence-electron chi connectivity index (χ1n) is 10.9. The minimum absolute atomic E-state index is 0.0736. The Hall–Kier alpha value is -4.16. The van der Waals surface area contributed by atoms with Crippen LogP contribution >= 0.6 is 11.3 Å². The van der Waals surface area contributed by atoms with E-state index in [-0.39, 0.29) is 13.2 Å². The van der Waals surface area contributed by atoms with Gasteiger partial charge in [0.05, 0.1) is 37.3 Å². The third kappa shape index (κ3) is 4.48. The molecule has 2 aromatic carbocycles. The number of nitrogens with zero attached hydrogens (tertiary/aromatic N) is 3. The predicted octanol–water partition coefficient (Wildman–Crippen LogP) is 3.69. The van der Waals surface area contributed by atoms with Crippen LogP contribution in [0.15, 0.2) is 58.1 Å². The molecule has 0 spiro atoms. The second kappa shape index (κ2) is 9.99. The fraction of sp³-hybridized carbons (Fsp3) is 0.231. The number of esters is 1. The SMILES string of the molecule is CCOC(=O)Cn1c(=O)c2c(C)c(-c3ccc(OC)cc3)sc2n(Cc2ccccc2C#N)c1=O. The highest BCUT2D eigenvalue weighted by Crippen LogP contribution is 2.37. The minimum Gasteiger partial charge on any atom is -0.497 e. The molecule has 9 heteroatoms. The average molecular weight is 490 g/mol. The van der Waals surface area contributed by atoms with Crippen molar-refractivity contribution in [2.75, 3.05) is 13.7 Å². The van der Waals surface area contributed by atoms with Gasteiger partial charge in [0.25, 0.3) is 5.56 Å². The molecular formula is C26H23N3O5S. The van der Waals surface area contributed by atoms with E-state index in [2.05, 4.69) is 6.07 Å². The Labute approximate surface area is 205 Å². The summed E-state index contributed by atoms with van der Waals surface area (Å²) in [5.41, 5.74) is 1.47. The molecule has 0 aliphatic carbocycles. The lowest BCUT2D eigenvalue weighted by molar-refractivity contribution is -0.143.